The van der Waals surface area contributed by atoms with Crippen molar-refractivity contribution in [3.63, 3.8) is 0 Å². The summed E-state index contributed by atoms with van der Waals surface area (Å²) >= 11 is 0. The number of fused-ring (bicyclic) bond motifs is 1. The molecule has 0 bridgehead atoms. The first-order valence-electron chi connectivity index (χ1n) is 7.78. The van der Waals surface area contributed by atoms with E-state index in [0.717, 1.165) is 6.07 Å². The van der Waals surface area contributed by atoms with E-state index in [-0.39, 0.29) is 17.0 Å². The molecule has 1 aromatic carbocycles. The summed E-state index contributed by atoms with van der Waals surface area (Å²) in [5, 5.41) is 15.9. The Morgan fingerprint density at radius 3 is 2.69 bits per heavy atom. The molecule has 0 saturated heterocycles. The Bertz CT molecular complexity index is 1070. The van der Waals surface area contributed by atoms with E-state index in [1.807, 2.05) is 6.92 Å². The quantitative estimate of drug-likeness (QED) is 0.587. The minimum atomic E-state index is -3.95. The Balaban J connectivity index is 1.90. The number of sulfonamides is 1. The maximum absolute atomic E-state index is 14.2. The number of rotatable bonds is 6. The molecule has 0 aliphatic rings. The van der Waals surface area contributed by atoms with Crippen molar-refractivity contribution in [3.8, 4) is 0 Å². The van der Waals surface area contributed by atoms with Crippen molar-refractivity contribution in [3.05, 3.63) is 35.8 Å². The average Bonchev–Trinajstić information content (AvgIpc) is 2.94. The van der Waals surface area contributed by atoms with Crippen LogP contribution in [0, 0.1) is 5.82 Å². The van der Waals surface area contributed by atoms with Gasteiger partial charge in [0.15, 0.2) is 5.65 Å². The van der Waals surface area contributed by atoms with Crippen LogP contribution in [0.25, 0.3) is 11.0 Å². The van der Waals surface area contributed by atoms with Gasteiger partial charge in [-0.15, -0.1) is 0 Å². The highest BCUT2D eigenvalue weighted by atomic mass is 32.2. The van der Waals surface area contributed by atoms with Crippen molar-refractivity contribution >= 4 is 32.8 Å². The first-order valence-corrected chi connectivity index (χ1v) is 9.33. The Morgan fingerprint density at radius 1 is 1.27 bits per heavy atom. The molecule has 11 heteroatoms. The molecule has 2 heterocycles. The summed E-state index contributed by atoms with van der Waals surface area (Å²) in [7, 11) is -2.18. The maximum atomic E-state index is 14.2. The van der Waals surface area contributed by atoms with E-state index < -0.39 is 15.8 Å². The summed E-state index contributed by atoms with van der Waals surface area (Å²) in [6.07, 6.45) is 1.62. The van der Waals surface area contributed by atoms with Gasteiger partial charge in [0.2, 0.25) is 16.0 Å². The zero-order valence-electron chi connectivity index (χ0n) is 14.2. The van der Waals surface area contributed by atoms with Gasteiger partial charge in [-0.05, 0) is 19.1 Å². The van der Waals surface area contributed by atoms with Crippen LogP contribution in [0.4, 0.5) is 16.2 Å². The second-order valence-corrected chi connectivity index (χ2v) is 7.14. The van der Waals surface area contributed by atoms with E-state index in [9.17, 15) is 12.8 Å². The van der Waals surface area contributed by atoms with E-state index in [2.05, 4.69) is 25.7 Å². The lowest BCUT2D eigenvalue weighted by molar-refractivity contribution is 0.589. The number of aromatic nitrogens is 4. The highest BCUT2D eigenvalue weighted by Crippen LogP contribution is 2.22. The van der Waals surface area contributed by atoms with Crippen LogP contribution in [-0.2, 0) is 23.6 Å². The third-order valence-electron chi connectivity index (χ3n) is 3.73. The first kappa shape index (κ1) is 18.0. The largest absolute Gasteiger partial charge is 0.365 e. The Labute approximate surface area is 149 Å². The number of aryl methyl sites for hydroxylation is 1. The number of primary sulfonamides is 1. The molecule has 4 N–H and O–H groups in total. The number of nitrogens with two attached hydrogens (primary N) is 1. The lowest BCUT2D eigenvalue weighted by Gasteiger charge is -2.10. The second kappa shape index (κ2) is 6.84. The lowest BCUT2D eigenvalue weighted by Crippen LogP contribution is -2.13. The van der Waals surface area contributed by atoms with Crippen molar-refractivity contribution < 1.29 is 12.8 Å². The van der Waals surface area contributed by atoms with Crippen LogP contribution in [0.2, 0.25) is 0 Å². The van der Waals surface area contributed by atoms with Gasteiger partial charge in [-0.3, -0.25) is 4.68 Å². The number of anilines is 2. The van der Waals surface area contributed by atoms with Crippen LogP contribution < -0.4 is 15.8 Å². The fraction of sp³-hybridized carbons (Fsp3) is 0.267. The monoisotopic (exact) mass is 379 g/mol. The Morgan fingerprint density at radius 2 is 2.04 bits per heavy atom. The third-order valence-corrected chi connectivity index (χ3v) is 4.64. The molecule has 138 valence electrons. The first-order chi connectivity index (χ1) is 12.3. The smallest absolute Gasteiger partial charge is 0.238 e. The van der Waals surface area contributed by atoms with Gasteiger partial charge in [-0.1, -0.05) is 6.07 Å². The molecule has 0 amide bonds. The number of nitrogens with zero attached hydrogens (tertiary/aromatic N) is 4. The minimum Gasteiger partial charge on any atom is -0.365 e. The lowest BCUT2D eigenvalue weighted by atomic mass is 10.2. The highest BCUT2D eigenvalue weighted by molar-refractivity contribution is 7.89. The SMILES string of the molecule is CCNc1nc(NCc2ccc(S(N)(=O)=O)cc2F)c2cnn(C)c2n1. The molecule has 9 nitrogen and oxygen atoms in total. The summed E-state index contributed by atoms with van der Waals surface area (Å²) in [5.74, 6) is 0.248. The van der Waals surface area contributed by atoms with E-state index in [1.165, 1.54) is 12.1 Å². The molecule has 0 spiro atoms. The van der Waals surface area contributed by atoms with Gasteiger partial charge in [-0.25, -0.2) is 17.9 Å². The topological polar surface area (TPSA) is 128 Å². The predicted octanol–water partition coefficient (Wildman–Crippen LogP) is 1.19. The molecule has 3 aromatic rings. The fourth-order valence-electron chi connectivity index (χ4n) is 2.42. The molecule has 0 unspecified atom stereocenters. The second-order valence-electron chi connectivity index (χ2n) is 5.58. The summed E-state index contributed by atoms with van der Waals surface area (Å²) in [5.41, 5.74) is 0.904. The van der Waals surface area contributed by atoms with Gasteiger partial charge in [0.05, 0.1) is 16.5 Å². The fourth-order valence-corrected chi connectivity index (χ4v) is 2.95. The standard InChI is InChI=1S/C15H18FN7O2S/c1-3-18-15-21-13(11-8-20-23(2)14(11)22-15)19-7-9-4-5-10(6-12(9)16)26(17,24)25/h4-6,8H,3,7H2,1-2H3,(H2,17,24,25)(H2,18,19,21,22). The number of halogens is 1. The van der Waals surface area contributed by atoms with Crippen molar-refractivity contribution in [2.45, 2.75) is 18.4 Å². The highest BCUT2D eigenvalue weighted by Gasteiger charge is 2.14. The van der Waals surface area contributed by atoms with Crippen LogP contribution in [-0.4, -0.2) is 34.7 Å². The Hall–Kier alpha value is -2.79. The third kappa shape index (κ3) is 3.58. The van der Waals surface area contributed by atoms with Gasteiger partial charge in [0.25, 0.3) is 0 Å². The predicted molar refractivity (Wildman–Crippen MR) is 95.6 cm³/mol. The molecular weight excluding hydrogens is 361 g/mol. The average molecular weight is 379 g/mol. The van der Waals surface area contributed by atoms with Crippen LogP contribution in [0.15, 0.2) is 29.3 Å². The minimum absolute atomic E-state index is 0.101. The molecule has 0 fully saturated rings. The molecule has 0 aliphatic heterocycles. The van der Waals surface area contributed by atoms with E-state index >= 15 is 0 Å². The number of benzene rings is 1. The van der Waals surface area contributed by atoms with Gasteiger partial charge in [0, 0.05) is 25.7 Å². The molecule has 0 atom stereocenters. The van der Waals surface area contributed by atoms with Crippen LogP contribution in [0.3, 0.4) is 0 Å². The van der Waals surface area contributed by atoms with Gasteiger partial charge >= 0.3 is 0 Å². The molecule has 0 aliphatic carbocycles. The molecule has 2 aromatic heterocycles. The van der Waals surface area contributed by atoms with Crippen LogP contribution in [0.1, 0.15) is 12.5 Å². The number of nitrogens with one attached hydrogen (secondary N) is 2. The van der Waals surface area contributed by atoms with E-state index in [1.54, 1.807) is 17.9 Å². The zero-order valence-corrected chi connectivity index (χ0v) is 15.0. The summed E-state index contributed by atoms with van der Waals surface area (Å²) in [6, 6.07) is 3.53. The van der Waals surface area contributed by atoms with Crippen molar-refractivity contribution in [2.24, 2.45) is 12.2 Å². The van der Waals surface area contributed by atoms with Crippen LogP contribution >= 0.6 is 0 Å². The van der Waals surface area contributed by atoms with Gasteiger partial charge in [0.1, 0.15) is 11.6 Å². The molecule has 3 rings (SSSR count). The van der Waals surface area contributed by atoms with Gasteiger partial charge in [-0.2, -0.15) is 15.1 Å². The molecule has 0 radical (unpaired) electrons. The van der Waals surface area contributed by atoms with Gasteiger partial charge < -0.3 is 10.6 Å². The molecule has 0 saturated carbocycles. The summed E-state index contributed by atoms with van der Waals surface area (Å²) in [6.45, 7) is 2.67. The maximum Gasteiger partial charge on any atom is 0.238 e. The van der Waals surface area contributed by atoms with Crippen molar-refractivity contribution in [2.75, 3.05) is 17.2 Å². The summed E-state index contributed by atoms with van der Waals surface area (Å²) < 4.78 is 38.4. The Kier molecular flexibility index (Phi) is 4.74. The molecular formula is C15H18FN7O2S. The van der Waals surface area contributed by atoms with Crippen molar-refractivity contribution in [1.29, 1.82) is 0 Å². The normalized spacial score (nSPS) is 11.7. The number of hydrogen-bond donors (Lipinski definition) is 3. The van der Waals surface area contributed by atoms with E-state index in [0.29, 0.717) is 29.3 Å². The zero-order chi connectivity index (χ0) is 18.9. The molecule has 26 heavy (non-hydrogen) atoms. The van der Waals surface area contributed by atoms with Crippen molar-refractivity contribution in [1.82, 2.24) is 19.7 Å². The van der Waals surface area contributed by atoms with Crippen LogP contribution in [0.5, 0.6) is 0 Å². The van der Waals surface area contributed by atoms with E-state index in [4.69, 9.17) is 5.14 Å². The number of hydrogen-bond acceptors (Lipinski definition) is 7. The summed E-state index contributed by atoms with van der Waals surface area (Å²) in [4.78, 5) is 8.49.